The summed E-state index contributed by atoms with van der Waals surface area (Å²) >= 11 is 0. The highest BCUT2D eigenvalue weighted by Crippen LogP contribution is 2.23. The van der Waals surface area contributed by atoms with Gasteiger partial charge in [0.1, 0.15) is 6.04 Å². The van der Waals surface area contributed by atoms with Gasteiger partial charge in [-0.05, 0) is 37.5 Å². The summed E-state index contributed by atoms with van der Waals surface area (Å²) < 4.78 is 0. The van der Waals surface area contributed by atoms with E-state index in [9.17, 15) is 9.59 Å². The number of rotatable bonds is 17. The van der Waals surface area contributed by atoms with Gasteiger partial charge < -0.3 is 26.4 Å². The predicted molar refractivity (Wildman–Crippen MR) is 168 cm³/mol. The van der Waals surface area contributed by atoms with Crippen LogP contribution in [0.3, 0.4) is 0 Å². The summed E-state index contributed by atoms with van der Waals surface area (Å²) in [6, 6.07) is 1.33. The molecule has 0 aliphatic heterocycles. The summed E-state index contributed by atoms with van der Waals surface area (Å²) in [6.07, 6.45) is 13.8. The van der Waals surface area contributed by atoms with Crippen molar-refractivity contribution in [2.45, 2.75) is 131 Å². The first-order valence-electron chi connectivity index (χ1n) is 15.5. The minimum Gasteiger partial charge on any atom is -0.426 e. The van der Waals surface area contributed by atoms with Crippen molar-refractivity contribution in [3.05, 3.63) is 0 Å². The van der Waals surface area contributed by atoms with Crippen molar-refractivity contribution in [3.63, 3.8) is 0 Å². The van der Waals surface area contributed by atoms with E-state index in [0.29, 0.717) is 25.8 Å². The van der Waals surface area contributed by atoms with E-state index in [1.807, 2.05) is 6.92 Å². The summed E-state index contributed by atoms with van der Waals surface area (Å²) in [5.74, 6) is 6.14. The SMILES string of the molecule is CC(C)C.CC(CCCCCCCCC#N)C(=O)N[C@@H](CCCN=C(N)NN)C(=O)NCB(O)O.CC1CCCC1. The second kappa shape index (κ2) is 27.8. The van der Waals surface area contributed by atoms with Crippen LogP contribution in [0.2, 0.25) is 0 Å². The number of unbranched alkanes of at least 4 members (excludes halogenated alkanes) is 6. The monoisotopic (exact) mass is 581 g/mol. The largest absolute Gasteiger partial charge is 0.472 e. The van der Waals surface area contributed by atoms with Crippen molar-refractivity contribution < 1.29 is 19.6 Å². The number of guanidine groups is 1. The Labute approximate surface area is 249 Å². The molecule has 1 rings (SSSR count). The maximum Gasteiger partial charge on any atom is 0.472 e. The maximum atomic E-state index is 12.5. The summed E-state index contributed by atoms with van der Waals surface area (Å²) in [7, 11) is -1.67. The minimum absolute atomic E-state index is 0.0760. The molecular weight excluding hydrogens is 521 g/mol. The molecule has 1 fully saturated rings. The number of carbonyl (C=O) groups excluding carboxylic acids is 2. The molecule has 12 heteroatoms. The third kappa shape index (κ3) is 29.0. The van der Waals surface area contributed by atoms with Gasteiger partial charge in [0.25, 0.3) is 0 Å². The topological polar surface area (TPSA) is 199 Å². The normalized spacial score (nSPS) is 14.5. The van der Waals surface area contributed by atoms with E-state index in [-0.39, 0.29) is 24.2 Å². The molecule has 41 heavy (non-hydrogen) atoms. The Morgan fingerprint density at radius 2 is 1.54 bits per heavy atom. The van der Waals surface area contributed by atoms with Gasteiger partial charge in [0.15, 0.2) is 0 Å². The van der Waals surface area contributed by atoms with Crippen molar-refractivity contribution in [2.75, 3.05) is 13.0 Å². The molecule has 0 aromatic rings. The summed E-state index contributed by atoms with van der Waals surface area (Å²) in [6.45, 7) is 11.0. The second-order valence-corrected chi connectivity index (χ2v) is 11.7. The van der Waals surface area contributed by atoms with Crippen molar-refractivity contribution in [1.29, 1.82) is 5.26 Å². The van der Waals surface area contributed by atoms with Gasteiger partial charge >= 0.3 is 7.12 Å². The van der Waals surface area contributed by atoms with Crippen molar-refractivity contribution in [3.8, 4) is 6.07 Å². The van der Waals surface area contributed by atoms with Crippen molar-refractivity contribution in [1.82, 2.24) is 16.1 Å². The van der Waals surface area contributed by atoms with Crippen molar-refractivity contribution >= 4 is 24.9 Å². The molecule has 1 aliphatic rings. The lowest BCUT2D eigenvalue weighted by Crippen LogP contribution is -2.50. The summed E-state index contributed by atoms with van der Waals surface area (Å²) in [5, 5.41) is 31.6. The van der Waals surface area contributed by atoms with Gasteiger partial charge in [-0.15, -0.1) is 0 Å². The average Bonchev–Trinajstić information content (AvgIpc) is 3.40. The van der Waals surface area contributed by atoms with E-state index >= 15 is 0 Å². The molecule has 0 heterocycles. The zero-order valence-corrected chi connectivity index (χ0v) is 26.5. The van der Waals surface area contributed by atoms with Crippen LogP contribution in [0.25, 0.3) is 0 Å². The molecule has 1 aliphatic carbocycles. The molecule has 0 aromatic carbocycles. The third-order valence-electron chi connectivity index (χ3n) is 6.44. The van der Waals surface area contributed by atoms with Gasteiger partial charge in [-0.3, -0.25) is 20.0 Å². The van der Waals surface area contributed by atoms with Crippen LogP contribution in [0, 0.1) is 29.1 Å². The van der Waals surface area contributed by atoms with Crippen molar-refractivity contribution in [2.24, 2.45) is 34.3 Å². The van der Waals surface area contributed by atoms with Gasteiger partial charge in [-0.2, -0.15) is 5.26 Å². The zero-order chi connectivity index (χ0) is 31.5. The fourth-order valence-electron chi connectivity index (χ4n) is 4.06. The highest BCUT2D eigenvalue weighted by Gasteiger charge is 2.24. The molecule has 0 saturated heterocycles. The first kappa shape index (κ1) is 40.8. The lowest BCUT2D eigenvalue weighted by molar-refractivity contribution is -0.131. The molecular formula is C29H60BN7O4. The Hall–Kier alpha value is -2.36. The van der Waals surface area contributed by atoms with E-state index in [0.717, 1.165) is 56.8 Å². The Morgan fingerprint density at radius 3 is 2.02 bits per heavy atom. The number of nitrogens with two attached hydrogens (primary N) is 2. The van der Waals surface area contributed by atoms with E-state index in [4.69, 9.17) is 26.9 Å². The first-order chi connectivity index (χ1) is 19.4. The molecule has 11 nitrogen and oxygen atoms in total. The Bertz CT molecular complexity index is 724. The number of nitrogens with one attached hydrogen (secondary N) is 3. The molecule has 9 N–H and O–H groups in total. The Balaban J connectivity index is 0. The predicted octanol–water partition coefficient (Wildman–Crippen LogP) is 3.30. The Morgan fingerprint density at radius 1 is 0.976 bits per heavy atom. The summed E-state index contributed by atoms with van der Waals surface area (Å²) in [4.78, 5) is 28.8. The number of hydrazine groups is 1. The van der Waals surface area contributed by atoms with Crippen LogP contribution < -0.4 is 27.6 Å². The molecule has 1 saturated carbocycles. The number of nitrogens with zero attached hydrogens (tertiary/aromatic N) is 2. The van der Waals surface area contributed by atoms with Crippen LogP contribution in [0.15, 0.2) is 4.99 Å². The Kier molecular flexibility index (Phi) is 27.6. The van der Waals surface area contributed by atoms with Crippen LogP contribution >= 0.6 is 0 Å². The fraction of sp³-hybridized carbons (Fsp3) is 0.862. The number of hydrogen-bond acceptors (Lipinski definition) is 7. The average molecular weight is 582 g/mol. The van der Waals surface area contributed by atoms with E-state index in [2.05, 4.69) is 54.8 Å². The molecule has 0 bridgehead atoms. The number of amides is 2. The minimum atomic E-state index is -1.67. The lowest BCUT2D eigenvalue weighted by atomic mass is 9.92. The van der Waals surface area contributed by atoms with Gasteiger partial charge in [-0.1, -0.05) is 92.4 Å². The third-order valence-corrected chi connectivity index (χ3v) is 6.44. The van der Waals surface area contributed by atoms with Crippen LogP contribution in [0.4, 0.5) is 0 Å². The molecule has 2 amide bonds. The molecule has 238 valence electrons. The quantitative estimate of drug-likeness (QED) is 0.0339. The summed E-state index contributed by atoms with van der Waals surface area (Å²) in [5.41, 5.74) is 7.65. The number of aliphatic imine (C=N–C) groups is 1. The number of carbonyl (C=O) groups is 2. The fourth-order valence-corrected chi connectivity index (χ4v) is 4.06. The van der Waals surface area contributed by atoms with E-state index in [1.54, 1.807) is 0 Å². The smallest absolute Gasteiger partial charge is 0.426 e. The highest BCUT2D eigenvalue weighted by atomic mass is 16.4. The molecule has 0 radical (unpaired) electrons. The first-order valence-corrected chi connectivity index (χ1v) is 15.5. The second-order valence-electron chi connectivity index (χ2n) is 11.7. The van der Waals surface area contributed by atoms with Crippen LogP contribution in [0.1, 0.15) is 125 Å². The van der Waals surface area contributed by atoms with E-state index < -0.39 is 19.1 Å². The van der Waals surface area contributed by atoms with Crippen LogP contribution in [0.5, 0.6) is 0 Å². The standard InChI is InChI=1S/C19H38BN7O4.C6H12.C4H10/c1-15(10-7-5-3-2-4-6-8-12-21)17(28)26-16(18(29)25-14-20(30)31)11-9-13-24-19(22)27-23;1-6-4-2-3-5-6;1-4(2)3/h15-16,30-31H,2-11,13-14,23H2,1H3,(H,25,29)(H,26,28)(H3,22,24,27);6H,2-5H2,1H3;4H,1-3H3/t15?,16-;;/m0../s1. The number of nitriles is 1. The molecule has 0 aromatic heterocycles. The van der Waals surface area contributed by atoms with E-state index in [1.165, 1.54) is 25.7 Å². The van der Waals surface area contributed by atoms with Gasteiger partial charge in [0.2, 0.25) is 17.8 Å². The molecule has 1 unspecified atom stereocenters. The zero-order valence-electron chi connectivity index (χ0n) is 26.5. The van der Waals surface area contributed by atoms with Gasteiger partial charge in [-0.25, -0.2) is 5.84 Å². The highest BCUT2D eigenvalue weighted by molar-refractivity contribution is 6.41. The van der Waals surface area contributed by atoms with Gasteiger partial charge in [0, 0.05) is 18.9 Å². The van der Waals surface area contributed by atoms with Crippen LogP contribution in [-0.2, 0) is 9.59 Å². The maximum absolute atomic E-state index is 12.5. The van der Waals surface area contributed by atoms with Crippen LogP contribution in [-0.4, -0.2) is 54.0 Å². The molecule has 2 atom stereocenters. The molecule has 0 spiro atoms. The van der Waals surface area contributed by atoms with Gasteiger partial charge in [0.05, 0.1) is 12.5 Å². The number of hydrogen-bond donors (Lipinski definition) is 7. The lowest BCUT2D eigenvalue weighted by Gasteiger charge is -2.20.